The Morgan fingerprint density at radius 3 is 2.94 bits per heavy atom. The molecule has 84 valence electrons. The van der Waals surface area contributed by atoms with Crippen LogP contribution in [0.25, 0.3) is 11.4 Å². The molecule has 0 aliphatic heterocycles. The smallest absolute Gasteiger partial charge is 0.195 e. The zero-order chi connectivity index (χ0) is 11.7. The maximum atomic E-state index is 5.18. The number of benzene rings is 1. The monoisotopic (exact) mass is 297 g/mol. The van der Waals surface area contributed by atoms with Gasteiger partial charge in [0.15, 0.2) is 10.6 Å². The quantitative estimate of drug-likeness (QED) is 0.858. The average Bonchev–Trinajstić information content (AvgIpc) is 2.63. The predicted octanol–water partition coefficient (Wildman–Crippen LogP) is 3.70. The summed E-state index contributed by atoms with van der Waals surface area (Å²) in [6.45, 7) is 4.94. The van der Waals surface area contributed by atoms with Crippen molar-refractivity contribution >= 4 is 28.1 Å². The van der Waals surface area contributed by atoms with Crippen LogP contribution in [-0.2, 0) is 6.54 Å². The van der Waals surface area contributed by atoms with E-state index in [-0.39, 0.29) is 0 Å². The predicted molar refractivity (Wildman–Crippen MR) is 71.0 cm³/mol. The van der Waals surface area contributed by atoms with Crippen LogP contribution in [0.2, 0.25) is 0 Å². The first-order chi connectivity index (χ1) is 7.65. The maximum Gasteiger partial charge on any atom is 0.195 e. The highest BCUT2D eigenvalue weighted by molar-refractivity contribution is 9.10. The minimum atomic E-state index is 0.664. The van der Waals surface area contributed by atoms with Gasteiger partial charge in [-0.05, 0) is 37.7 Å². The van der Waals surface area contributed by atoms with E-state index < -0.39 is 0 Å². The van der Waals surface area contributed by atoms with E-state index in [1.165, 1.54) is 5.56 Å². The third kappa shape index (κ3) is 1.85. The molecule has 2 rings (SSSR count). The van der Waals surface area contributed by atoms with Crippen molar-refractivity contribution in [3.8, 4) is 11.4 Å². The van der Waals surface area contributed by atoms with Gasteiger partial charge in [-0.15, -0.1) is 0 Å². The molecule has 0 aliphatic rings. The summed E-state index contributed by atoms with van der Waals surface area (Å²) in [6, 6.07) is 6.08. The van der Waals surface area contributed by atoms with Gasteiger partial charge < -0.3 is 4.57 Å². The molecular formula is C11H12BrN3S. The SMILES string of the molecule is CCn1c(-c2cccc(Br)c2C)n[nH]c1=S. The fourth-order valence-electron chi connectivity index (χ4n) is 1.67. The van der Waals surface area contributed by atoms with Crippen LogP contribution in [0.3, 0.4) is 0 Å². The molecule has 5 heteroatoms. The molecule has 2 aromatic rings. The second kappa shape index (κ2) is 4.51. The van der Waals surface area contributed by atoms with Crippen LogP contribution in [0.15, 0.2) is 22.7 Å². The lowest BCUT2D eigenvalue weighted by atomic mass is 10.1. The van der Waals surface area contributed by atoms with Gasteiger partial charge in [-0.2, -0.15) is 5.10 Å². The van der Waals surface area contributed by atoms with Crippen molar-refractivity contribution in [2.45, 2.75) is 20.4 Å². The Kier molecular flexibility index (Phi) is 3.25. The van der Waals surface area contributed by atoms with E-state index in [4.69, 9.17) is 12.2 Å². The van der Waals surface area contributed by atoms with Gasteiger partial charge in [0.25, 0.3) is 0 Å². The Hall–Kier alpha value is -0.940. The number of aromatic nitrogens is 3. The fourth-order valence-corrected chi connectivity index (χ4v) is 2.29. The number of nitrogens with zero attached hydrogens (tertiary/aromatic N) is 2. The van der Waals surface area contributed by atoms with Gasteiger partial charge in [0.1, 0.15) is 0 Å². The highest BCUT2D eigenvalue weighted by Gasteiger charge is 2.11. The van der Waals surface area contributed by atoms with E-state index in [9.17, 15) is 0 Å². The third-order valence-corrected chi connectivity index (χ3v) is 3.75. The van der Waals surface area contributed by atoms with Crippen molar-refractivity contribution in [1.29, 1.82) is 0 Å². The maximum absolute atomic E-state index is 5.18. The highest BCUT2D eigenvalue weighted by atomic mass is 79.9. The van der Waals surface area contributed by atoms with Gasteiger partial charge >= 0.3 is 0 Å². The number of halogens is 1. The van der Waals surface area contributed by atoms with Crippen molar-refractivity contribution in [2.24, 2.45) is 0 Å². The van der Waals surface area contributed by atoms with Crippen molar-refractivity contribution in [1.82, 2.24) is 14.8 Å². The number of H-pyrrole nitrogens is 1. The number of aromatic amines is 1. The molecule has 0 spiro atoms. The molecule has 0 radical (unpaired) electrons. The number of nitrogens with one attached hydrogen (secondary N) is 1. The molecule has 1 N–H and O–H groups in total. The van der Waals surface area contributed by atoms with Gasteiger partial charge in [-0.3, -0.25) is 5.10 Å². The van der Waals surface area contributed by atoms with E-state index in [2.05, 4.69) is 46.0 Å². The molecule has 3 nitrogen and oxygen atoms in total. The minimum absolute atomic E-state index is 0.664. The van der Waals surface area contributed by atoms with Crippen molar-refractivity contribution in [3.63, 3.8) is 0 Å². The van der Waals surface area contributed by atoms with Gasteiger partial charge in [-0.1, -0.05) is 28.1 Å². The lowest BCUT2D eigenvalue weighted by molar-refractivity contribution is 0.755. The van der Waals surface area contributed by atoms with Crippen LogP contribution in [0.5, 0.6) is 0 Å². The van der Waals surface area contributed by atoms with Gasteiger partial charge in [0, 0.05) is 16.6 Å². The van der Waals surface area contributed by atoms with E-state index in [1.807, 2.05) is 16.7 Å². The van der Waals surface area contributed by atoms with Crippen LogP contribution >= 0.6 is 28.1 Å². The number of hydrogen-bond acceptors (Lipinski definition) is 2. The molecule has 1 heterocycles. The summed E-state index contributed by atoms with van der Waals surface area (Å²) in [7, 11) is 0. The Morgan fingerprint density at radius 2 is 2.25 bits per heavy atom. The molecule has 0 bridgehead atoms. The summed E-state index contributed by atoms with van der Waals surface area (Å²) in [6.07, 6.45) is 0. The van der Waals surface area contributed by atoms with Crippen molar-refractivity contribution in [3.05, 3.63) is 33.0 Å². The zero-order valence-electron chi connectivity index (χ0n) is 9.12. The van der Waals surface area contributed by atoms with Gasteiger partial charge in [0.2, 0.25) is 0 Å². The molecule has 0 aliphatic carbocycles. The van der Waals surface area contributed by atoms with Crippen LogP contribution < -0.4 is 0 Å². The van der Waals surface area contributed by atoms with Crippen molar-refractivity contribution in [2.75, 3.05) is 0 Å². The van der Waals surface area contributed by atoms with Crippen LogP contribution in [0, 0.1) is 11.7 Å². The summed E-state index contributed by atoms with van der Waals surface area (Å²) >= 11 is 8.70. The first-order valence-corrected chi connectivity index (χ1v) is 6.26. The Labute approximate surface area is 108 Å². The number of hydrogen-bond donors (Lipinski definition) is 1. The molecule has 1 aromatic heterocycles. The highest BCUT2D eigenvalue weighted by Crippen LogP contribution is 2.27. The molecule has 0 amide bonds. The Balaban J connectivity index is 2.68. The first-order valence-electron chi connectivity index (χ1n) is 5.05. The van der Waals surface area contributed by atoms with E-state index in [1.54, 1.807) is 0 Å². The van der Waals surface area contributed by atoms with Crippen LogP contribution in [-0.4, -0.2) is 14.8 Å². The Bertz CT molecular complexity index is 571. The van der Waals surface area contributed by atoms with Gasteiger partial charge in [0.05, 0.1) is 0 Å². The molecular weight excluding hydrogens is 286 g/mol. The molecule has 0 unspecified atom stereocenters. The summed E-state index contributed by atoms with van der Waals surface area (Å²) < 4.78 is 3.74. The Morgan fingerprint density at radius 1 is 1.50 bits per heavy atom. The standard InChI is InChI=1S/C11H12BrN3S/c1-3-15-10(13-14-11(15)16)8-5-4-6-9(12)7(8)2/h4-6H,3H2,1-2H3,(H,14,16). The summed E-state index contributed by atoms with van der Waals surface area (Å²) in [4.78, 5) is 0. The average molecular weight is 298 g/mol. The number of rotatable bonds is 2. The van der Waals surface area contributed by atoms with E-state index in [0.29, 0.717) is 4.77 Å². The third-order valence-electron chi connectivity index (χ3n) is 2.58. The largest absolute Gasteiger partial charge is 0.300 e. The lowest BCUT2D eigenvalue weighted by Crippen LogP contribution is -1.99. The van der Waals surface area contributed by atoms with Crippen molar-refractivity contribution < 1.29 is 0 Å². The lowest BCUT2D eigenvalue weighted by Gasteiger charge is -2.07. The summed E-state index contributed by atoms with van der Waals surface area (Å²) in [5.41, 5.74) is 2.27. The second-order valence-corrected chi connectivity index (χ2v) is 4.75. The zero-order valence-corrected chi connectivity index (χ0v) is 11.5. The molecule has 0 atom stereocenters. The minimum Gasteiger partial charge on any atom is -0.300 e. The van der Waals surface area contributed by atoms with Crippen LogP contribution in [0.1, 0.15) is 12.5 Å². The molecule has 0 saturated carbocycles. The molecule has 0 fully saturated rings. The fraction of sp³-hybridized carbons (Fsp3) is 0.273. The normalized spacial score (nSPS) is 10.7. The topological polar surface area (TPSA) is 33.6 Å². The second-order valence-electron chi connectivity index (χ2n) is 3.51. The van der Waals surface area contributed by atoms with Crippen LogP contribution in [0.4, 0.5) is 0 Å². The molecule has 0 saturated heterocycles. The molecule has 1 aromatic carbocycles. The summed E-state index contributed by atoms with van der Waals surface area (Å²) in [5.74, 6) is 0.895. The van der Waals surface area contributed by atoms with Gasteiger partial charge in [-0.25, -0.2) is 0 Å². The molecule has 16 heavy (non-hydrogen) atoms. The first kappa shape index (κ1) is 11.5. The summed E-state index contributed by atoms with van der Waals surface area (Å²) in [5, 5.41) is 7.12. The van der Waals surface area contributed by atoms with E-state index >= 15 is 0 Å². The van der Waals surface area contributed by atoms with E-state index in [0.717, 1.165) is 22.4 Å².